The summed E-state index contributed by atoms with van der Waals surface area (Å²) in [4.78, 5) is 22.7. The quantitative estimate of drug-likeness (QED) is 0.571. The third-order valence-corrected chi connectivity index (χ3v) is 7.12. The SMILES string of the molecule is CCCn1c(NC(=O)[C@@H](N=C2NS(=O)(=O)c3ccccc32)[C@@H](C)CC)nc2ccccc21. The van der Waals surface area contributed by atoms with E-state index in [-0.39, 0.29) is 22.6 Å². The number of benzene rings is 2. The first-order valence-corrected chi connectivity index (χ1v) is 12.3. The van der Waals surface area contributed by atoms with Crippen molar-refractivity contribution in [3.63, 3.8) is 0 Å². The van der Waals surface area contributed by atoms with Gasteiger partial charge in [0.15, 0.2) is 0 Å². The highest BCUT2D eigenvalue weighted by Crippen LogP contribution is 2.25. The van der Waals surface area contributed by atoms with Crippen LogP contribution >= 0.6 is 0 Å². The number of fused-ring (bicyclic) bond motifs is 2. The predicted octanol–water partition coefficient (Wildman–Crippen LogP) is 3.54. The van der Waals surface area contributed by atoms with Crippen LogP contribution in [0.1, 0.15) is 39.2 Å². The van der Waals surface area contributed by atoms with E-state index in [0.717, 1.165) is 17.5 Å². The Balaban J connectivity index is 1.70. The number of imidazole rings is 1. The van der Waals surface area contributed by atoms with E-state index >= 15 is 0 Å². The highest BCUT2D eigenvalue weighted by Gasteiger charge is 2.33. The van der Waals surface area contributed by atoms with Crippen molar-refractivity contribution in [3.05, 3.63) is 54.1 Å². The van der Waals surface area contributed by atoms with Gasteiger partial charge in [-0.15, -0.1) is 0 Å². The van der Waals surface area contributed by atoms with Crippen LogP contribution in [-0.2, 0) is 21.4 Å². The van der Waals surface area contributed by atoms with Gasteiger partial charge in [-0.05, 0) is 36.6 Å². The lowest BCUT2D eigenvalue weighted by molar-refractivity contribution is -0.118. The van der Waals surface area contributed by atoms with Crippen molar-refractivity contribution in [1.29, 1.82) is 0 Å². The standard InChI is InChI=1S/C23H27N5O3S/c1-4-14-28-18-12-8-7-11-17(18)24-23(28)26-22(29)20(15(3)5-2)25-21-16-10-6-9-13-19(16)32(30,31)27-21/h6-13,15,20H,4-5,14H2,1-3H3,(H,25,27)(H,24,26,29)/t15-,20-/m0/s1. The molecule has 0 fully saturated rings. The van der Waals surface area contributed by atoms with Crippen LogP contribution in [0.3, 0.4) is 0 Å². The molecule has 2 aromatic carbocycles. The fourth-order valence-corrected chi connectivity index (χ4v) is 5.08. The molecule has 0 unspecified atom stereocenters. The van der Waals surface area contributed by atoms with E-state index in [2.05, 4.69) is 26.9 Å². The summed E-state index contributed by atoms with van der Waals surface area (Å²) in [6, 6.07) is 13.6. The summed E-state index contributed by atoms with van der Waals surface area (Å²) in [6.45, 7) is 6.69. The van der Waals surface area contributed by atoms with E-state index in [1.165, 1.54) is 6.07 Å². The smallest absolute Gasteiger partial charge is 0.263 e. The van der Waals surface area contributed by atoms with Crippen LogP contribution in [0, 0.1) is 5.92 Å². The molecule has 3 aromatic rings. The van der Waals surface area contributed by atoms with Gasteiger partial charge in [0.1, 0.15) is 11.9 Å². The van der Waals surface area contributed by atoms with Crippen molar-refractivity contribution in [2.75, 3.05) is 5.32 Å². The van der Waals surface area contributed by atoms with Gasteiger partial charge in [-0.1, -0.05) is 51.5 Å². The minimum Gasteiger partial charge on any atom is -0.310 e. The maximum Gasteiger partial charge on any atom is 0.263 e. The van der Waals surface area contributed by atoms with Crippen LogP contribution in [0.25, 0.3) is 11.0 Å². The van der Waals surface area contributed by atoms with Gasteiger partial charge in [0.05, 0.1) is 15.9 Å². The zero-order chi connectivity index (χ0) is 22.9. The Morgan fingerprint density at radius 2 is 1.88 bits per heavy atom. The Morgan fingerprint density at radius 3 is 2.62 bits per heavy atom. The van der Waals surface area contributed by atoms with E-state index in [1.54, 1.807) is 18.2 Å². The number of hydrogen-bond acceptors (Lipinski definition) is 5. The fourth-order valence-electron chi connectivity index (χ4n) is 3.84. The number of amides is 1. The molecule has 1 aliphatic heterocycles. The van der Waals surface area contributed by atoms with Gasteiger partial charge in [-0.3, -0.25) is 19.8 Å². The molecule has 0 radical (unpaired) electrons. The monoisotopic (exact) mass is 453 g/mol. The highest BCUT2D eigenvalue weighted by atomic mass is 32.2. The van der Waals surface area contributed by atoms with Crippen molar-refractivity contribution in [2.45, 2.75) is 51.1 Å². The summed E-state index contributed by atoms with van der Waals surface area (Å²) in [6.07, 6.45) is 1.59. The summed E-state index contributed by atoms with van der Waals surface area (Å²) in [7, 11) is -3.68. The third-order valence-electron chi connectivity index (χ3n) is 5.72. The molecule has 8 nitrogen and oxygen atoms in total. The highest BCUT2D eigenvalue weighted by molar-refractivity contribution is 7.90. The first kappa shape index (κ1) is 22.0. The molecular formula is C23H27N5O3S. The number of para-hydroxylation sites is 2. The van der Waals surface area contributed by atoms with Crippen LogP contribution in [0.2, 0.25) is 0 Å². The minimum atomic E-state index is -3.68. The second-order valence-electron chi connectivity index (χ2n) is 7.97. The van der Waals surface area contributed by atoms with E-state index in [9.17, 15) is 13.2 Å². The number of aryl methyl sites for hydroxylation is 1. The Bertz CT molecular complexity index is 1300. The lowest BCUT2D eigenvalue weighted by Gasteiger charge is -2.19. The predicted molar refractivity (Wildman–Crippen MR) is 125 cm³/mol. The summed E-state index contributed by atoms with van der Waals surface area (Å²) in [5.74, 6) is 0.244. The number of amidine groups is 1. The van der Waals surface area contributed by atoms with Crippen molar-refractivity contribution < 1.29 is 13.2 Å². The zero-order valence-corrected chi connectivity index (χ0v) is 19.2. The molecule has 0 spiro atoms. The first-order valence-electron chi connectivity index (χ1n) is 10.8. The Hall–Kier alpha value is -3.20. The molecule has 1 amide bonds. The summed E-state index contributed by atoms with van der Waals surface area (Å²) in [5, 5.41) is 2.95. The summed E-state index contributed by atoms with van der Waals surface area (Å²) in [5.41, 5.74) is 2.24. The largest absolute Gasteiger partial charge is 0.310 e. The molecule has 0 aliphatic carbocycles. The van der Waals surface area contributed by atoms with Crippen LogP contribution in [0.4, 0.5) is 5.95 Å². The average molecular weight is 454 g/mol. The van der Waals surface area contributed by atoms with Crippen LogP contribution in [-0.4, -0.2) is 35.8 Å². The van der Waals surface area contributed by atoms with Gasteiger partial charge < -0.3 is 4.57 Å². The topological polar surface area (TPSA) is 105 Å². The number of carbonyl (C=O) groups excluding carboxylic acids is 1. The number of carbonyl (C=O) groups is 1. The van der Waals surface area contributed by atoms with E-state index < -0.39 is 16.1 Å². The molecular weight excluding hydrogens is 426 g/mol. The van der Waals surface area contributed by atoms with Gasteiger partial charge in [0, 0.05) is 12.1 Å². The van der Waals surface area contributed by atoms with Crippen molar-refractivity contribution in [2.24, 2.45) is 10.9 Å². The molecule has 32 heavy (non-hydrogen) atoms. The molecule has 4 rings (SSSR count). The molecule has 2 atom stereocenters. The number of aromatic nitrogens is 2. The molecule has 2 N–H and O–H groups in total. The maximum atomic E-state index is 13.4. The van der Waals surface area contributed by atoms with Crippen molar-refractivity contribution in [1.82, 2.24) is 14.3 Å². The van der Waals surface area contributed by atoms with Crippen LogP contribution < -0.4 is 10.0 Å². The molecule has 0 bridgehead atoms. The second-order valence-corrected chi connectivity index (χ2v) is 9.63. The molecule has 9 heteroatoms. The number of aliphatic imine (C=N–C) groups is 1. The summed E-state index contributed by atoms with van der Waals surface area (Å²) < 4.78 is 29.4. The van der Waals surface area contributed by atoms with E-state index in [0.29, 0.717) is 24.5 Å². The Labute approximate surface area is 187 Å². The summed E-state index contributed by atoms with van der Waals surface area (Å²) >= 11 is 0. The number of nitrogens with one attached hydrogen (secondary N) is 2. The van der Waals surface area contributed by atoms with Gasteiger partial charge in [0.25, 0.3) is 15.9 Å². The second kappa shape index (κ2) is 8.74. The first-order chi connectivity index (χ1) is 15.4. The normalized spacial score (nSPS) is 17.7. The van der Waals surface area contributed by atoms with E-state index in [1.807, 2.05) is 42.7 Å². The third kappa shape index (κ3) is 4.00. The Kier molecular flexibility index (Phi) is 6.01. The fraction of sp³-hybridized carbons (Fsp3) is 0.348. The number of sulfonamides is 1. The minimum absolute atomic E-state index is 0.108. The van der Waals surface area contributed by atoms with Gasteiger partial charge >= 0.3 is 0 Å². The number of rotatable bonds is 7. The Morgan fingerprint density at radius 1 is 1.16 bits per heavy atom. The average Bonchev–Trinajstić information content (AvgIpc) is 3.26. The van der Waals surface area contributed by atoms with Crippen LogP contribution in [0.5, 0.6) is 0 Å². The molecule has 1 aromatic heterocycles. The van der Waals surface area contributed by atoms with Crippen LogP contribution in [0.15, 0.2) is 58.4 Å². The molecule has 1 aliphatic rings. The van der Waals surface area contributed by atoms with E-state index in [4.69, 9.17) is 0 Å². The zero-order valence-electron chi connectivity index (χ0n) is 18.4. The van der Waals surface area contributed by atoms with Crippen molar-refractivity contribution in [3.8, 4) is 0 Å². The van der Waals surface area contributed by atoms with Gasteiger partial charge in [-0.2, -0.15) is 0 Å². The lowest BCUT2D eigenvalue weighted by atomic mass is 9.98. The molecule has 0 saturated carbocycles. The number of nitrogens with zero attached hydrogens (tertiary/aromatic N) is 3. The van der Waals surface area contributed by atoms with Gasteiger partial charge in [-0.25, -0.2) is 13.4 Å². The molecule has 0 saturated heterocycles. The number of anilines is 1. The lowest BCUT2D eigenvalue weighted by Crippen LogP contribution is -2.35. The molecule has 168 valence electrons. The maximum absolute atomic E-state index is 13.4. The number of hydrogen-bond donors (Lipinski definition) is 2. The van der Waals surface area contributed by atoms with Crippen molar-refractivity contribution >= 4 is 38.7 Å². The van der Waals surface area contributed by atoms with Gasteiger partial charge in [0.2, 0.25) is 5.95 Å². The molecule has 2 heterocycles.